The molecule has 0 atom stereocenters. The molecule has 180 valence electrons. The van der Waals surface area contributed by atoms with Crippen LogP contribution in [-0.2, 0) is 9.59 Å². The molecule has 2 aliphatic heterocycles. The first-order chi connectivity index (χ1) is 16.5. The van der Waals surface area contributed by atoms with E-state index in [1.165, 1.54) is 12.3 Å². The van der Waals surface area contributed by atoms with Crippen molar-refractivity contribution in [1.29, 1.82) is 0 Å². The summed E-state index contributed by atoms with van der Waals surface area (Å²) in [7, 11) is 0. The number of amides is 3. The maximum absolute atomic E-state index is 12.9. The quantitative estimate of drug-likeness (QED) is 0.635. The van der Waals surface area contributed by atoms with Gasteiger partial charge in [-0.2, -0.15) is 0 Å². The van der Waals surface area contributed by atoms with Crippen LogP contribution in [0.1, 0.15) is 42.3 Å². The zero-order valence-electron chi connectivity index (χ0n) is 19.5. The molecule has 8 heteroatoms. The molecule has 2 aliphatic rings. The highest BCUT2D eigenvalue weighted by atomic mass is 16.5. The van der Waals surface area contributed by atoms with Crippen LogP contribution < -0.4 is 10.1 Å². The Morgan fingerprint density at radius 3 is 2.41 bits per heavy atom. The number of hydrogen-bond donors (Lipinski definition) is 1. The van der Waals surface area contributed by atoms with Crippen molar-refractivity contribution < 1.29 is 23.5 Å². The number of piperidine rings is 1. The highest BCUT2D eigenvalue weighted by molar-refractivity contribution is 5.95. The molecule has 2 aromatic rings. The number of carbonyl (C=O) groups is 3. The van der Waals surface area contributed by atoms with Crippen LogP contribution >= 0.6 is 0 Å². The maximum atomic E-state index is 12.9. The molecule has 3 heterocycles. The zero-order valence-corrected chi connectivity index (χ0v) is 19.5. The van der Waals surface area contributed by atoms with Gasteiger partial charge >= 0.3 is 0 Å². The summed E-state index contributed by atoms with van der Waals surface area (Å²) in [6.45, 7) is 5.22. The van der Waals surface area contributed by atoms with Gasteiger partial charge < -0.3 is 24.3 Å². The van der Waals surface area contributed by atoms with Gasteiger partial charge in [-0.25, -0.2) is 0 Å². The lowest BCUT2D eigenvalue weighted by molar-refractivity contribution is -0.131. The first-order valence-corrected chi connectivity index (χ1v) is 11.8. The average molecular weight is 466 g/mol. The summed E-state index contributed by atoms with van der Waals surface area (Å²) < 4.78 is 10.6. The number of nitrogens with one attached hydrogen (secondary N) is 1. The largest absolute Gasteiger partial charge is 0.494 e. The molecule has 1 aromatic heterocycles. The lowest BCUT2D eigenvalue weighted by atomic mass is 9.77. The van der Waals surface area contributed by atoms with Crippen LogP contribution in [0.4, 0.5) is 0 Å². The van der Waals surface area contributed by atoms with Crippen LogP contribution in [-0.4, -0.2) is 66.9 Å². The number of likely N-dealkylation sites (tertiary alicyclic amines) is 2. The topological polar surface area (TPSA) is 92.1 Å². The van der Waals surface area contributed by atoms with E-state index in [1.54, 1.807) is 18.2 Å². The number of nitrogens with zero attached hydrogens (tertiary/aromatic N) is 2. The summed E-state index contributed by atoms with van der Waals surface area (Å²) in [6, 6.07) is 10.8. The van der Waals surface area contributed by atoms with Crippen molar-refractivity contribution in [3.05, 3.63) is 60.1 Å². The van der Waals surface area contributed by atoms with Gasteiger partial charge in [0.25, 0.3) is 5.91 Å². The molecule has 2 fully saturated rings. The first-order valence-electron chi connectivity index (χ1n) is 11.8. The summed E-state index contributed by atoms with van der Waals surface area (Å²) in [4.78, 5) is 41.2. The Bertz CT molecular complexity index is 1020. The highest BCUT2D eigenvalue weighted by Crippen LogP contribution is 2.40. The molecular formula is C26H31N3O5. The second kappa shape index (κ2) is 10.6. The minimum Gasteiger partial charge on any atom is -0.494 e. The zero-order chi connectivity index (χ0) is 24.0. The van der Waals surface area contributed by atoms with Crippen molar-refractivity contribution in [2.24, 2.45) is 5.41 Å². The smallest absolute Gasteiger partial charge is 0.253 e. The van der Waals surface area contributed by atoms with E-state index in [1.807, 2.05) is 41.0 Å². The third-order valence-corrected chi connectivity index (χ3v) is 6.67. The average Bonchev–Trinajstić information content (AvgIpc) is 3.53. The van der Waals surface area contributed by atoms with Crippen LogP contribution in [0.2, 0.25) is 0 Å². The Morgan fingerprint density at radius 1 is 1.06 bits per heavy atom. The summed E-state index contributed by atoms with van der Waals surface area (Å²) in [5, 5.41) is 2.64. The molecular weight excluding hydrogens is 434 g/mol. The van der Waals surface area contributed by atoms with Crippen LogP contribution in [0.5, 0.6) is 5.75 Å². The van der Waals surface area contributed by atoms with Crippen molar-refractivity contribution in [2.75, 3.05) is 39.3 Å². The van der Waals surface area contributed by atoms with E-state index >= 15 is 0 Å². The Kier molecular flexibility index (Phi) is 7.35. The monoisotopic (exact) mass is 465 g/mol. The third kappa shape index (κ3) is 5.68. The molecule has 1 aromatic carbocycles. The number of carbonyl (C=O) groups excluding carboxylic acids is 3. The van der Waals surface area contributed by atoms with Crippen LogP contribution in [0.3, 0.4) is 0 Å². The molecule has 0 unspecified atom stereocenters. The number of rotatable bonds is 7. The van der Waals surface area contributed by atoms with Crippen LogP contribution in [0, 0.1) is 5.41 Å². The fraction of sp³-hybridized carbons (Fsp3) is 0.423. The van der Waals surface area contributed by atoms with Gasteiger partial charge in [0.05, 0.1) is 19.4 Å². The SMILES string of the molecule is CCOc1ccc(C(=O)N2CCC3(CCN(C(=O)CNC(=O)/C=C\c4ccco4)C3)CC2)cc1. The van der Waals surface area contributed by atoms with Gasteiger partial charge in [-0.05, 0) is 74.1 Å². The number of hydrogen-bond acceptors (Lipinski definition) is 5. The third-order valence-electron chi connectivity index (χ3n) is 6.67. The Labute approximate surface area is 199 Å². The van der Waals surface area contributed by atoms with E-state index < -0.39 is 0 Å². The van der Waals surface area contributed by atoms with E-state index in [2.05, 4.69) is 5.32 Å². The number of benzene rings is 1. The normalized spacial score (nSPS) is 17.3. The summed E-state index contributed by atoms with van der Waals surface area (Å²) in [6.07, 6.45) is 7.12. The highest BCUT2D eigenvalue weighted by Gasteiger charge is 2.42. The Morgan fingerprint density at radius 2 is 1.76 bits per heavy atom. The fourth-order valence-corrected chi connectivity index (χ4v) is 4.66. The Balaban J connectivity index is 1.22. The van der Waals surface area contributed by atoms with Crippen LogP contribution in [0.25, 0.3) is 6.08 Å². The molecule has 1 spiro atoms. The standard InChI is InChI=1S/C26H31N3O5/c1-2-33-22-7-5-20(6-8-22)25(32)28-14-11-26(12-15-28)13-16-29(19-26)24(31)18-27-23(30)10-9-21-4-3-17-34-21/h3-10,17H,2,11-16,18-19H2,1H3,(H,27,30)/b10-9-. The van der Waals surface area contributed by atoms with E-state index in [0.29, 0.717) is 44.1 Å². The molecule has 3 amide bonds. The lowest BCUT2D eigenvalue weighted by Gasteiger charge is -2.39. The molecule has 8 nitrogen and oxygen atoms in total. The van der Waals surface area contributed by atoms with Gasteiger partial charge in [-0.1, -0.05) is 0 Å². The molecule has 1 N–H and O–H groups in total. The van der Waals surface area contributed by atoms with Gasteiger partial charge in [0, 0.05) is 37.8 Å². The van der Waals surface area contributed by atoms with Gasteiger partial charge in [0.2, 0.25) is 11.8 Å². The fourth-order valence-electron chi connectivity index (χ4n) is 4.66. The van der Waals surface area contributed by atoms with Gasteiger partial charge in [0.15, 0.2) is 0 Å². The van der Waals surface area contributed by atoms with E-state index in [0.717, 1.165) is 25.0 Å². The van der Waals surface area contributed by atoms with Gasteiger partial charge in [0.1, 0.15) is 11.5 Å². The molecule has 2 saturated heterocycles. The van der Waals surface area contributed by atoms with E-state index in [-0.39, 0.29) is 29.7 Å². The van der Waals surface area contributed by atoms with Crippen molar-refractivity contribution in [3.8, 4) is 5.75 Å². The number of ether oxygens (including phenoxy) is 1. The van der Waals surface area contributed by atoms with E-state index in [4.69, 9.17) is 9.15 Å². The van der Waals surface area contributed by atoms with Crippen molar-refractivity contribution in [3.63, 3.8) is 0 Å². The molecule has 4 rings (SSSR count). The lowest BCUT2D eigenvalue weighted by Crippen LogP contribution is -2.45. The molecule has 34 heavy (non-hydrogen) atoms. The van der Waals surface area contributed by atoms with Crippen molar-refractivity contribution >= 4 is 23.8 Å². The summed E-state index contributed by atoms with van der Waals surface area (Å²) >= 11 is 0. The summed E-state index contributed by atoms with van der Waals surface area (Å²) in [5.74, 6) is 0.964. The summed E-state index contributed by atoms with van der Waals surface area (Å²) in [5.41, 5.74) is 0.716. The second-order valence-electron chi connectivity index (χ2n) is 8.88. The van der Waals surface area contributed by atoms with Gasteiger partial charge in [-0.3, -0.25) is 14.4 Å². The minimum atomic E-state index is -0.334. The second-order valence-corrected chi connectivity index (χ2v) is 8.88. The number of furan rings is 1. The molecule has 0 bridgehead atoms. The van der Waals surface area contributed by atoms with Crippen molar-refractivity contribution in [2.45, 2.75) is 26.2 Å². The van der Waals surface area contributed by atoms with Crippen LogP contribution in [0.15, 0.2) is 53.2 Å². The minimum absolute atomic E-state index is 0.0280. The molecule has 0 saturated carbocycles. The maximum Gasteiger partial charge on any atom is 0.253 e. The molecule has 0 aliphatic carbocycles. The predicted molar refractivity (Wildman–Crippen MR) is 127 cm³/mol. The molecule has 0 radical (unpaired) electrons. The Hall–Kier alpha value is -3.55. The van der Waals surface area contributed by atoms with Gasteiger partial charge in [-0.15, -0.1) is 0 Å². The van der Waals surface area contributed by atoms with E-state index in [9.17, 15) is 14.4 Å². The first kappa shape index (κ1) is 23.6. The van der Waals surface area contributed by atoms with Crippen molar-refractivity contribution in [1.82, 2.24) is 15.1 Å². The predicted octanol–water partition coefficient (Wildman–Crippen LogP) is 2.96.